The van der Waals surface area contributed by atoms with Gasteiger partial charge in [-0.2, -0.15) is 0 Å². The zero-order chi connectivity index (χ0) is 59.9. The van der Waals surface area contributed by atoms with Crippen LogP contribution in [0.2, 0.25) is 0 Å². The number of hydrogen-bond acceptors (Lipinski definition) is 6. The van der Waals surface area contributed by atoms with E-state index in [0.29, 0.717) is 19.3 Å². The molecule has 0 fully saturated rings. The van der Waals surface area contributed by atoms with Gasteiger partial charge in [-0.25, -0.2) is 0 Å². The molecule has 0 amide bonds. The monoisotopic (exact) mass is 1150 g/mol. The third kappa shape index (κ3) is 68.0. The molecule has 0 saturated carbocycles. The third-order valence-electron chi connectivity index (χ3n) is 14.3. The summed E-state index contributed by atoms with van der Waals surface area (Å²) in [6.45, 7) is 6.38. The summed E-state index contributed by atoms with van der Waals surface area (Å²) in [6, 6.07) is 0. The number of hydrogen-bond donors (Lipinski definition) is 0. The lowest BCUT2D eigenvalue weighted by Gasteiger charge is -2.18. The Hall–Kier alpha value is -4.71. The van der Waals surface area contributed by atoms with Crippen molar-refractivity contribution in [3.05, 3.63) is 146 Å². The maximum Gasteiger partial charge on any atom is 0.306 e. The van der Waals surface area contributed by atoms with Crippen molar-refractivity contribution in [3.63, 3.8) is 0 Å². The van der Waals surface area contributed by atoms with E-state index in [9.17, 15) is 14.4 Å². The van der Waals surface area contributed by atoms with Crippen LogP contribution in [0.4, 0.5) is 0 Å². The first-order chi connectivity index (χ1) is 41.0. The Kier molecular flexibility index (Phi) is 65.8. The molecule has 0 radical (unpaired) electrons. The van der Waals surface area contributed by atoms with Crippen molar-refractivity contribution in [2.75, 3.05) is 13.2 Å². The Bertz CT molecular complexity index is 1800. The van der Waals surface area contributed by atoms with E-state index in [1.54, 1.807) is 0 Å². The minimum absolute atomic E-state index is 0.101. The number of unbranched alkanes of at least 4 members (excludes halogenated alkanes) is 26. The van der Waals surface area contributed by atoms with Gasteiger partial charge in [0.25, 0.3) is 0 Å². The molecule has 0 aliphatic rings. The number of ether oxygens (including phenoxy) is 3. The molecule has 0 rings (SSSR count). The second-order valence-corrected chi connectivity index (χ2v) is 22.3. The minimum Gasteiger partial charge on any atom is -0.462 e. The summed E-state index contributed by atoms with van der Waals surface area (Å²) in [4.78, 5) is 38.5. The summed E-state index contributed by atoms with van der Waals surface area (Å²) in [5.74, 6) is -0.950. The Morgan fingerprint density at radius 1 is 0.253 bits per heavy atom. The fourth-order valence-electron chi connectivity index (χ4n) is 9.23. The molecule has 0 bridgehead atoms. The Morgan fingerprint density at radius 2 is 0.470 bits per heavy atom. The molecular formula is C77H126O6. The molecular weight excluding hydrogens is 1020 g/mol. The van der Waals surface area contributed by atoms with Gasteiger partial charge in [0, 0.05) is 19.3 Å². The zero-order valence-electron chi connectivity index (χ0n) is 53.9. The van der Waals surface area contributed by atoms with Gasteiger partial charge in [-0.3, -0.25) is 14.4 Å². The molecule has 0 spiro atoms. The first-order valence-corrected chi connectivity index (χ1v) is 34.3. The van der Waals surface area contributed by atoms with Gasteiger partial charge in [0.2, 0.25) is 0 Å². The van der Waals surface area contributed by atoms with E-state index in [1.807, 2.05) is 0 Å². The smallest absolute Gasteiger partial charge is 0.306 e. The van der Waals surface area contributed by atoms with Crippen LogP contribution in [0, 0.1) is 0 Å². The van der Waals surface area contributed by atoms with E-state index in [2.05, 4.69) is 167 Å². The third-order valence-corrected chi connectivity index (χ3v) is 14.3. The summed E-state index contributed by atoms with van der Waals surface area (Å²) in [5.41, 5.74) is 0. The summed E-state index contributed by atoms with van der Waals surface area (Å²) < 4.78 is 16.9. The number of esters is 3. The average Bonchev–Trinajstić information content (AvgIpc) is 3.50. The van der Waals surface area contributed by atoms with Crippen LogP contribution in [-0.2, 0) is 28.6 Å². The van der Waals surface area contributed by atoms with E-state index in [1.165, 1.54) is 109 Å². The molecule has 470 valence electrons. The molecule has 0 aliphatic heterocycles. The maximum atomic E-state index is 13.0. The lowest BCUT2D eigenvalue weighted by molar-refractivity contribution is -0.167. The second kappa shape index (κ2) is 69.8. The predicted molar refractivity (Wildman–Crippen MR) is 362 cm³/mol. The van der Waals surface area contributed by atoms with E-state index < -0.39 is 6.10 Å². The highest BCUT2D eigenvalue weighted by molar-refractivity contribution is 5.71. The van der Waals surface area contributed by atoms with Gasteiger partial charge in [-0.1, -0.05) is 289 Å². The number of carbonyl (C=O) groups excluding carboxylic acids is 3. The highest BCUT2D eigenvalue weighted by Crippen LogP contribution is 2.16. The lowest BCUT2D eigenvalue weighted by atomic mass is 10.0. The van der Waals surface area contributed by atoms with Gasteiger partial charge >= 0.3 is 17.9 Å². The molecule has 1 unspecified atom stereocenters. The summed E-state index contributed by atoms with van der Waals surface area (Å²) in [5, 5.41) is 0. The van der Waals surface area contributed by atoms with Crippen LogP contribution in [-0.4, -0.2) is 37.2 Å². The first-order valence-electron chi connectivity index (χ1n) is 34.3. The van der Waals surface area contributed by atoms with Crippen molar-refractivity contribution >= 4 is 17.9 Å². The van der Waals surface area contributed by atoms with Gasteiger partial charge in [-0.15, -0.1) is 0 Å². The van der Waals surface area contributed by atoms with Crippen molar-refractivity contribution in [2.45, 2.75) is 309 Å². The van der Waals surface area contributed by atoms with Gasteiger partial charge in [0.05, 0.1) is 0 Å². The average molecular weight is 1150 g/mol. The molecule has 6 heteroatoms. The number of allylic oxidation sites excluding steroid dienone is 24. The first kappa shape index (κ1) is 78.3. The van der Waals surface area contributed by atoms with E-state index >= 15 is 0 Å². The van der Waals surface area contributed by atoms with Crippen LogP contribution in [0.1, 0.15) is 303 Å². The summed E-state index contributed by atoms with van der Waals surface area (Å²) in [6.07, 6.45) is 100. The van der Waals surface area contributed by atoms with Crippen molar-refractivity contribution in [2.24, 2.45) is 0 Å². The van der Waals surface area contributed by atoms with E-state index in [-0.39, 0.29) is 31.1 Å². The van der Waals surface area contributed by atoms with Crippen molar-refractivity contribution in [3.8, 4) is 0 Å². The van der Waals surface area contributed by atoms with Gasteiger partial charge in [0.1, 0.15) is 13.2 Å². The standard InChI is InChI=1S/C77H126O6/c1-4-7-10-13-16-19-22-25-28-31-34-36-37-38-39-41-43-46-49-52-55-58-61-64-67-70-76(79)82-73-74(72-81-75(78)69-66-63-60-57-54-51-48-45-42-33-30-27-24-21-18-15-12-9-6-3)83-77(80)71-68-65-62-59-56-53-50-47-44-40-35-32-29-26-23-20-17-14-11-8-5-2/h8-9,11-12,17-18,20-22,25-27,29-31,34-35,40,42,45,47,50-51,54,74H,4-7,10,13-16,19,23-24,28,32-33,36-39,41,43-44,46,48-49,52-53,55-73H2,1-3H3/b11-8-,12-9-,20-17-,21-18-,25-22-,29-26-,30-27-,34-31-,40-35-,45-42-,50-47-,54-51-. The van der Waals surface area contributed by atoms with Crippen molar-refractivity contribution in [1.82, 2.24) is 0 Å². The van der Waals surface area contributed by atoms with Crippen molar-refractivity contribution in [1.29, 1.82) is 0 Å². The summed E-state index contributed by atoms with van der Waals surface area (Å²) in [7, 11) is 0. The molecule has 0 N–H and O–H groups in total. The Balaban J connectivity index is 4.46. The number of rotatable bonds is 61. The summed E-state index contributed by atoms with van der Waals surface area (Å²) >= 11 is 0. The van der Waals surface area contributed by atoms with Crippen LogP contribution < -0.4 is 0 Å². The fourth-order valence-corrected chi connectivity index (χ4v) is 9.23. The topological polar surface area (TPSA) is 78.9 Å². The van der Waals surface area contributed by atoms with Gasteiger partial charge in [-0.05, 0) is 141 Å². The lowest BCUT2D eigenvalue weighted by Crippen LogP contribution is -2.30. The fraction of sp³-hybridized carbons (Fsp3) is 0.649. The zero-order valence-corrected chi connectivity index (χ0v) is 53.9. The Labute approximate surface area is 512 Å². The SMILES string of the molecule is CC/C=C\C/C=C\C/C=C\C/C=C\C/C=C\CCCCCCCC(=O)OC(COC(=O)CCCCC/C=C\C/C=C\C/C=C\C/C=C\C/C=C\CC)COC(=O)CCCCCCCCCCCCCCC/C=C\C/C=C\CCCCCCC. The molecule has 1 atom stereocenters. The highest BCUT2D eigenvalue weighted by Gasteiger charge is 2.19. The van der Waals surface area contributed by atoms with E-state index in [0.717, 1.165) is 154 Å². The molecule has 0 saturated heterocycles. The minimum atomic E-state index is -0.811. The van der Waals surface area contributed by atoms with Gasteiger partial charge < -0.3 is 14.2 Å². The normalized spacial score (nSPS) is 13.0. The number of carbonyl (C=O) groups is 3. The van der Waals surface area contributed by atoms with E-state index in [4.69, 9.17) is 14.2 Å². The highest BCUT2D eigenvalue weighted by atomic mass is 16.6. The quantitative estimate of drug-likeness (QED) is 0.0261. The molecule has 0 heterocycles. The predicted octanol–water partition coefficient (Wildman–Crippen LogP) is 23.9. The Morgan fingerprint density at radius 3 is 0.747 bits per heavy atom. The second-order valence-electron chi connectivity index (χ2n) is 22.3. The van der Waals surface area contributed by atoms with Crippen LogP contribution >= 0.6 is 0 Å². The molecule has 0 aliphatic carbocycles. The van der Waals surface area contributed by atoms with Crippen LogP contribution in [0.3, 0.4) is 0 Å². The van der Waals surface area contributed by atoms with Crippen molar-refractivity contribution < 1.29 is 28.6 Å². The van der Waals surface area contributed by atoms with Gasteiger partial charge in [0.15, 0.2) is 6.10 Å². The molecule has 0 aromatic carbocycles. The largest absolute Gasteiger partial charge is 0.462 e. The van der Waals surface area contributed by atoms with Crippen LogP contribution in [0.15, 0.2) is 146 Å². The molecule has 83 heavy (non-hydrogen) atoms. The van der Waals surface area contributed by atoms with Crippen LogP contribution in [0.25, 0.3) is 0 Å². The maximum absolute atomic E-state index is 13.0. The molecule has 6 nitrogen and oxygen atoms in total. The molecule has 0 aromatic heterocycles. The van der Waals surface area contributed by atoms with Crippen LogP contribution in [0.5, 0.6) is 0 Å². The molecule has 0 aromatic rings.